The van der Waals surface area contributed by atoms with Crippen molar-refractivity contribution >= 4 is 21.7 Å². The van der Waals surface area contributed by atoms with E-state index in [1.807, 2.05) is 30.3 Å². The lowest BCUT2D eigenvalue weighted by atomic mass is 10.1. The van der Waals surface area contributed by atoms with Crippen LogP contribution in [-0.4, -0.2) is 15.3 Å². The van der Waals surface area contributed by atoms with Gasteiger partial charge in [0.1, 0.15) is 4.60 Å². The van der Waals surface area contributed by atoms with Gasteiger partial charge in [-0.2, -0.15) is 0 Å². The van der Waals surface area contributed by atoms with Crippen LogP contribution in [0.15, 0.2) is 47.5 Å². The van der Waals surface area contributed by atoms with E-state index in [9.17, 15) is 4.79 Å². The predicted molar refractivity (Wildman–Crippen MR) is 69.7 cm³/mol. The molecule has 3 nitrogen and oxygen atoms in total. The largest absolute Gasteiger partial charge is 0.329 e. The third-order valence-corrected chi connectivity index (χ3v) is 2.91. The quantitative estimate of drug-likeness (QED) is 0.849. The minimum absolute atomic E-state index is 0.221. The van der Waals surface area contributed by atoms with Crippen molar-refractivity contribution in [3.63, 3.8) is 0 Å². The number of carbonyl (C=O) groups is 1. The number of aryl methyl sites for hydroxylation is 1. The van der Waals surface area contributed by atoms with Crippen LogP contribution in [0.3, 0.4) is 0 Å². The highest BCUT2D eigenvalue weighted by atomic mass is 79.9. The average Bonchev–Trinajstić information content (AvgIpc) is 2.73. The number of carbonyl (C=O) groups excluding carboxylic acids is 1. The molecule has 0 amide bonds. The molecule has 2 aromatic rings. The lowest BCUT2D eigenvalue weighted by Gasteiger charge is -2.02. The summed E-state index contributed by atoms with van der Waals surface area (Å²) in [6.07, 6.45) is 4.83. The standard InChI is InChI=1S/C13H13BrN2O/c14-13-9-16(10-15-13)8-12(17)7-6-11-4-2-1-3-5-11/h1-5,9-10H,6-8H2. The second kappa shape index (κ2) is 5.77. The lowest BCUT2D eigenvalue weighted by molar-refractivity contribution is -0.119. The van der Waals surface area contributed by atoms with Crippen molar-refractivity contribution < 1.29 is 4.79 Å². The molecule has 0 aliphatic carbocycles. The van der Waals surface area contributed by atoms with E-state index in [1.165, 1.54) is 5.56 Å². The molecular formula is C13H13BrN2O. The van der Waals surface area contributed by atoms with Crippen LogP contribution < -0.4 is 0 Å². The van der Waals surface area contributed by atoms with Crippen LogP contribution in [-0.2, 0) is 17.8 Å². The zero-order valence-electron chi connectivity index (χ0n) is 9.34. The summed E-state index contributed by atoms with van der Waals surface area (Å²) < 4.78 is 2.55. The molecule has 0 aliphatic rings. The Morgan fingerprint density at radius 3 is 2.71 bits per heavy atom. The van der Waals surface area contributed by atoms with Gasteiger partial charge in [-0.25, -0.2) is 4.98 Å². The Morgan fingerprint density at radius 1 is 1.29 bits per heavy atom. The Labute approximate surface area is 109 Å². The number of benzene rings is 1. The summed E-state index contributed by atoms with van der Waals surface area (Å²) >= 11 is 3.25. The molecule has 0 fully saturated rings. The topological polar surface area (TPSA) is 34.9 Å². The maximum absolute atomic E-state index is 11.7. The fraction of sp³-hybridized carbons (Fsp3) is 0.231. The second-order valence-corrected chi connectivity index (χ2v) is 4.71. The molecule has 0 bridgehead atoms. The molecule has 0 radical (unpaired) electrons. The van der Waals surface area contributed by atoms with E-state index in [-0.39, 0.29) is 5.78 Å². The van der Waals surface area contributed by atoms with Gasteiger partial charge in [0.25, 0.3) is 0 Å². The maximum atomic E-state index is 11.7. The predicted octanol–water partition coefficient (Wildman–Crippen LogP) is 2.85. The van der Waals surface area contributed by atoms with E-state index in [4.69, 9.17) is 0 Å². The monoisotopic (exact) mass is 292 g/mol. The number of rotatable bonds is 5. The van der Waals surface area contributed by atoms with Crippen LogP contribution in [0.5, 0.6) is 0 Å². The summed E-state index contributed by atoms with van der Waals surface area (Å²) in [6, 6.07) is 10.1. The van der Waals surface area contributed by atoms with Gasteiger partial charge in [-0.15, -0.1) is 0 Å². The van der Waals surface area contributed by atoms with Crippen molar-refractivity contribution in [2.24, 2.45) is 0 Å². The molecule has 0 saturated carbocycles. The van der Waals surface area contributed by atoms with Crippen molar-refractivity contribution in [3.8, 4) is 0 Å². The molecule has 0 saturated heterocycles. The van der Waals surface area contributed by atoms with Crippen molar-refractivity contribution in [3.05, 3.63) is 53.0 Å². The van der Waals surface area contributed by atoms with Crippen molar-refractivity contribution in [2.45, 2.75) is 19.4 Å². The maximum Gasteiger partial charge on any atom is 0.152 e. The van der Waals surface area contributed by atoms with Crippen LogP contribution in [0.2, 0.25) is 0 Å². The summed E-state index contributed by atoms with van der Waals surface area (Å²) in [5, 5.41) is 0. The molecule has 0 aliphatic heterocycles. The summed E-state index contributed by atoms with van der Waals surface area (Å²) in [5.41, 5.74) is 1.20. The third-order valence-electron chi connectivity index (χ3n) is 2.50. The van der Waals surface area contributed by atoms with Crippen LogP contribution >= 0.6 is 15.9 Å². The van der Waals surface area contributed by atoms with Gasteiger partial charge in [0.2, 0.25) is 0 Å². The minimum atomic E-state index is 0.221. The van der Waals surface area contributed by atoms with Gasteiger partial charge in [-0.3, -0.25) is 4.79 Å². The Hall–Kier alpha value is -1.42. The zero-order chi connectivity index (χ0) is 12.1. The molecule has 88 valence electrons. The highest BCUT2D eigenvalue weighted by molar-refractivity contribution is 9.10. The fourth-order valence-electron chi connectivity index (χ4n) is 1.63. The SMILES string of the molecule is O=C(CCc1ccccc1)Cn1cnc(Br)c1. The highest BCUT2D eigenvalue weighted by Crippen LogP contribution is 2.06. The number of imidazole rings is 1. The van der Waals surface area contributed by atoms with E-state index >= 15 is 0 Å². The van der Waals surface area contributed by atoms with Gasteiger partial charge in [-0.1, -0.05) is 30.3 Å². The third kappa shape index (κ3) is 3.82. The molecule has 4 heteroatoms. The Bertz CT molecular complexity index is 493. The van der Waals surface area contributed by atoms with Crippen molar-refractivity contribution in [1.82, 2.24) is 9.55 Å². The van der Waals surface area contributed by atoms with E-state index in [0.29, 0.717) is 13.0 Å². The minimum Gasteiger partial charge on any atom is -0.329 e. The first kappa shape index (κ1) is 12.0. The molecule has 1 aromatic carbocycles. The molecule has 0 unspecified atom stereocenters. The van der Waals surface area contributed by atoms with Gasteiger partial charge >= 0.3 is 0 Å². The molecule has 0 spiro atoms. The van der Waals surface area contributed by atoms with Gasteiger partial charge in [0, 0.05) is 12.6 Å². The number of ketones is 1. The van der Waals surface area contributed by atoms with Crippen LogP contribution in [0, 0.1) is 0 Å². The number of hydrogen-bond acceptors (Lipinski definition) is 2. The number of Topliss-reactive ketones (excluding diaryl/α,β-unsaturated/α-hetero) is 1. The van der Waals surface area contributed by atoms with Crippen molar-refractivity contribution in [2.75, 3.05) is 0 Å². The average molecular weight is 293 g/mol. The molecule has 1 heterocycles. The van der Waals surface area contributed by atoms with Gasteiger partial charge in [0.05, 0.1) is 12.9 Å². The Kier molecular flexibility index (Phi) is 4.09. The number of aromatic nitrogens is 2. The molecule has 2 rings (SSSR count). The lowest BCUT2D eigenvalue weighted by Crippen LogP contribution is -2.09. The van der Waals surface area contributed by atoms with Gasteiger partial charge < -0.3 is 4.57 Å². The van der Waals surface area contributed by atoms with E-state index in [1.54, 1.807) is 17.1 Å². The first-order valence-electron chi connectivity index (χ1n) is 5.47. The zero-order valence-corrected chi connectivity index (χ0v) is 10.9. The Balaban J connectivity index is 1.82. The van der Waals surface area contributed by atoms with Gasteiger partial charge in [-0.05, 0) is 27.9 Å². The normalized spacial score (nSPS) is 10.4. The second-order valence-electron chi connectivity index (χ2n) is 3.89. The van der Waals surface area contributed by atoms with E-state index in [2.05, 4.69) is 20.9 Å². The highest BCUT2D eigenvalue weighted by Gasteiger charge is 2.04. The number of halogens is 1. The van der Waals surface area contributed by atoms with Crippen molar-refractivity contribution in [1.29, 1.82) is 0 Å². The number of nitrogens with zero attached hydrogens (tertiary/aromatic N) is 2. The molecule has 0 atom stereocenters. The number of hydrogen-bond donors (Lipinski definition) is 0. The fourth-order valence-corrected chi connectivity index (χ4v) is 1.98. The van der Waals surface area contributed by atoms with Crippen LogP contribution in [0.4, 0.5) is 0 Å². The van der Waals surface area contributed by atoms with E-state index < -0.39 is 0 Å². The summed E-state index contributed by atoms with van der Waals surface area (Å²) in [6.45, 7) is 0.394. The molecule has 1 aromatic heterocycles. The summed E-state index contributed by atoms with van der Waals surface area (Å²) in [7, 11) is 0. The molecule has 0 N–H and O–H groups in total. The smallest absolute Gasteiger partial charge is 0.152 e. The Morgan fingerprint density at radius 2 is 2.06 bits per heavy atom. The molecular weight excluding hydrogens is 280 g/mol. The summed E-state index contributed by atoms with van der Waals surface area (Å²) in [4.78, 5) is 15.7. The van der Waals surface area contributed by atoms with Gasteiger partial charge in [0.15, 0.2) is 5.78 Å². The van der Waals surface area contributed by atoms with Crippen LogP contribution in [0.25, 0.3) is 0 Å². The van der Waals surface area contributed by atoms with E-state index in [0.717, 1.165) is 11.0 Å². The first-order valence-corrected chi connectivity index (χ1v) is 6.26. The van der Waals surface area contributed by atoms with Crippen LogP contribution in [0.1, 0.15) is 12.0 Å². The summed E-state index contributed by atoms with van der Waals surface area (Å²) in [5.74, 6) is 0.221. The first-order chi connectivity index (χ1) is 8.24. The molecule has 17 heavy (non-hydrogen) atoms.